The number of halogens is 1. The van der Waals surface area contributed by atoms with Crippen molar-refractivity contribution < 1.29 is 10.0 Å². The molecule has 0 saturated carbocycles. The molecule has 0 aliphatic carbocycles. The highest BCUT2D eigenvalue weighted by Gasteiger charge is 2.10. The SMILES string of the molecule is Brc1cccc2ncccc12.CC(C)B(O)O.CC(C)c1cccc2ncccc12.[B-].[CH3-]. The summed E-state index contributed by atoms with van der Waals surface area (Å²) in [6.07, 6.45) is 3.64. The molecule has 4 nitrogen and oxygen atoms in total. The van der Waals surface area contributed by atoms with Gasteiger partial charge in [-0.3, -0.25) is 9.97 Å². The van der Waals surface area contributed by atoms with E-state index in [9.17, 15) is 0 Å². The summed E-state index contributed by atoms with van der Waals surface area (Å²) in [5, 5.41) is 18.8. The third-order valence-corrected chi connectivity index (χ3v) is 5.18. The maximum Gasteiger partial charge on any atom is 0.454 e. The Kier molecular flexibility index (Phi) is 13.8. The molecule has 7 heteroatoms. The van der Waals surface area contributed by atoms with Gasteiger partial charge in [0, 0.05) is 27.6 Å². The zero-order valence-electron chi connectivity index (χ0n) is 19.4. The average Bonchev–Trinajstić information content (AvgIpc) is 2.74. The minimum absolute atomic E-state index is 0. The Balaban J connectivity index is 0.000000465. The second-order valence-corrected chi connectivity index (χ2v) is 8.39. The lowest BCUT2D eigenvalue weighted by atomic mass is 9.76. The van der Waals surface area contributed by atoms with Crippen molar-refractivity contribution in [2.75, 3.05) is 0 Å². The summed E-state index contributed by atoms with van der Waals surface area (Å²) in [5.41, 5.74) is 3.50. The lowest BCUT2D eigenvalue weighted by molar-refractivity contribution is 0.392. The zero-order chi connectivity index (χ0) is 22.1. The fourth-order valence-electron chi connectivity index (χ4n) is 2.70. The first-order chi connectivity index (χ1) is 14.3. The summed E-state index contributed by atoms with van der Waals surface area (Å²) in [5.74, 6) is 0.526. The lowest BCUT2D eigenvalue weighted by Crippen LogP contribution is -2.14. The van der Waals surface area contributed by atoms with Crippen molar-refractivity contribution in [2.45, 2.75) is 39.4 Å². The first-order valence-electron chi connectivity index (χ1n) is 10.00. The Morgan fingerprint density at radius 2 is 1.22 bits per heavy atom. The fourth-order valence-corrected chi connectivity index (χ4v) is 3.18. The van der Waals surface area contributed by atoms with Gasteiger partial charge in [-0.05, 0) is 47.6 Å². The lowest BCUT2D eigenvalue weighted by Gasteiger charge is -2.08. The van der Waals surface area contributed by atoms with Crippen molar-refractivity contribution in [3.05, 3.63) is 90.5 Å². The summed E-state index contributed by atoms with van der Waals surface area (Å²) in [7, 11) is -1.15. The van der Waals surface area contributed by atoms with Gasteiger partial charge in [-0.2, -0.15) is 0 Å². The Hall–Kier alpha value is -2.21. The number of pyridine rings is 2. The molecule has 4 aromatic rings. The van der Waals surface area contributed by atoms with Gasteiger partial charge in [-0.15, -0.1) is 0 Å². The van der Waals surface area contributed by atoms with Crippen LogP contribution in [0.5, 0.6) is 0 Å². The van der Waals surface area contributed by atoms with E-state index in [0.29, 0.717) is 5.92 Å². The second-order valence-electron chi connectivity index (χ2n) is 7.54. The van der Waals surface area contributed by atoms with Gasteiger partial charge in [0.15, 0.2) is 0 Å². The van der Waals surface area contributed by atoms with Gasteiger partial charge in [0.05, 0.1) is 11.0 Å². The van der Waals surface area contributed by atoms with E-state index in [1.54, 1.807) is 20.0 Å². The van der Waals surface area contributed by atoms with E-state index >= 15 is 0 Å². The molecule has 0 aliphatic rings. The number of aromatic nitrogens is 2. The largest absolute Gasteiger partial charge is 1.00 e. The molecule has 0 bridgehead atoms. The molecular weight excluding hydrogens is 462 g/mol. The minimum atomic E-state index is -1.15. The highest BCUT2D eigenvalue weighted by molar-refractivity contribution is 9.10. The van der Waals surface area contributed by atoms with Crippen molar-refractivity contribution >= 4 is 53.3 Å². The van der Waals surface area contributed by atoms with E-state index in [1.807, 2.05) is 42.6 Å². The fraction of sp³-hybridized carbons (Fsp3) is 0.240. The van der Waals surface area contributed by atoms with Gasteiger partial charge in [0.25, 0.3) is 0 Å². The minimum Gasteiger partial charge on any atom is -1.00 e. The molecule has 2 aromatic heterocycles. The molecule has 2 N–H and O–H groups in total. The molecule has 0 atom stereocenters. The smallest absolute Gasteiger partial charge is 0.454 e. The van der Waals surface area contributed by atoms with Crippen LogP contribution in [0.4, 0.5) is 0 Å². The van der Waals surface area contributed by atoms with Crippen molar-refractivity contribution in [3.8, 4) is 0 Å². The van der Waals surface area contributed by atoms with Crippen LogP contribution in [0.1, 0.15) is 39.2 Å². The van der Waals surface area contributed by atoms with Gasteiger partial charge in [-0.1, -0.05) is 74.0 Å². The molecule has 0 spiro atoms. The van der Waals surface area contributed by atoms with E-state index in [2.05, 4.69) is 64.0 Å². The van der Waals surface area contributed by atoms with Gasteiger partial charge in [-0.25, -0.2) is 0 Å². The number of fused-ring (bicyclic) bond motifs is 2. The predicted molar refractivity (Wildman–Crippen MR) is 143 cm³/mol. The number of hydrogen-bond donors (Lipinski definition) is 2. The van der Waals surface area contributed by atoms with Crippen LogP contribution in [0.15, 0.2) is 77.5 Å². The summed E-state index contributed by atoms with van der Waals surface area (Å²) < 4.78 is 1.10. The highest BCUT2D eigenvalue weighted by atomic mass is 79.9. The van der Waals surface area contributed by atoms with Crippen molar-refractivity contribution in [3.63, 3.8) is 0 Å². The van der Waals surface area contributed by atoms with Crippen molar-refractivity contribution in [1.29, 1.82) is 0 Å². The van der Waals surface area contributed by atoms with E-state index in [0.717, 1.165) is 20.9 Å². The Bertz CT molecular complexity index is 1060. The second kappa shape index (κ2) is 14.8. The molecular formula is C25H31B2BrN2O2-2. The molecule has 2 aromatic carbocycles. The van der Waals surface area contributed by atoms with Gasteiger partial charge >= 0.3 is 7.12 Å². The van der Waals surface area contributed by atoms with Crippen LogP contribution in [-0.2, 0) is 0 Å². The predicted octanol–water partition coefficient (Wildman–Crippen LogP) is 6.29. The van der Waals surface area contributed by atoms with Crippen molar-refractivity contribution in [1.82, 2.24) is 9.97 Å². The molecule has 0 fully saturated rings. The third kappa shape index (κ3) is 8.73. The van der Waals surface area contributed by atoms with Crippen LogP contribution in [-0.4, -0.2) is 35.5 Å². The van der Waals surface area contributed by atoms with E-state index in [-0.39, 0.29) is 21.7 Å². The molecule has 4 rings (SSSR count). The van der Waals surface area contributed by atoms with Gasteiger partial charge in [0.2, 0.25) is 0 Å². The summed E-state index contributed by atoms with van der Waals surface area (Å²) in [4.78, 5) is 8.54. The Morgan fingerprint density at radius 3 is 1.69 bits per heavy atom. The number of rotatable bonds is 2. The molecule has 4 radical (unpaired) electrons. The van der Waals surface area contributed by atoms with E-state index in [1.165, 1.54) is 10.9 Å². The van der Waals surface area contributed by atoms with E-state index < -0.39 is 7.12 Å². The molecule has 0 saturated heterocycles. The first-order valence-corrected chi connectivity index (χ1v) is 10.8. The average molecular weight is 493 g/mol. The summed E-state index contributed by atoms with van der Waals surface area (Å²) in [6.45, 7) is 7.90. The van der Waals surface area contributed by atoms with Crippen LogP contribution in [0.25, 0.3) is 21.8 Å². The Labute approximate surface area is 203 Å². The first kappa shape index (κ1) is 29.8. The zero-order valence-corrected chi connectivity index (χ0v) is 21.0. The van der Waals surface area contributed by atoms with Crippen molar-refractivity contribution in [2.24, 2.45) is 0 Å². The topological polar surface area (TPSA) is 66.2 Å². The normalized spacial score (nSPS) is 9.78. The van der Waals surface area contributed by atoms with Gasteiger partial charge in [0.1, 0.15) is 0 Å². The van der Waals surface area contributed by atoms with Crippen LogP contribution in [0, 0.1) is 7.43 Å². The molecule has 32 heavy (non-hydrogen) atoms. The van der Waals surface area contributed by atoms with Crippen LogP contribution in [0.3, 0.4) is 0 Å². The monoisotopic (exact) mass is 492 g/mol. The van der Waals surface area contributed by atoms with Crippen LogP contribution >= 0.6 is 15.9 Å². The molecule has 0 unspecified atom stereocenters. The molecule has 0 aliphatic heterocycles. The standard InChI is InChI=1S/C12H13N.C9H6BrN.C3H9BO2.CH3.B/c1-9(2)10-5-3-7-12-11(10)6-4-8-13-12;10-8-4-1-5-9-7(8)3-2-6-11-9;1-3(2)4(5)6;;/h3-9H,1-2H3;1-6H;3,5-6H,1-2H3;1H3;/q;;;2*-1. The molecule has 0 amide bonds. The number of benzene rings is 2. The summed E-state index contributed by atoms with van der Waals surface area (Å²) in [6, 6.07) is 20.4. The Morgan fingerprint density at radius 1 is 0.750 bits per heavy atom. The van der Waals surface area contributed by atoms with Gasteiger partial charge < -0.3 is 25.9 Å². The number of hydrogen-bond acceptors (Lipinski definition) is 4. The maximum absolute atomic E-state index is 8.19. The van der Waals surface area contributed by atoms with Crippen LogP contribution in [0.2, 0.25) is 5.82 Å². The number of nitrogens with zero attached hydrogens (tertiary/aromatic N) is 2. The molecule has 168 valence electrons. The highest BCUT2D eigenvalue weighted by Crippen LogP contribution is 2.23. The summed E-state index contributed by atoms with van der Waals surface area (Å²) >= 11 is 3.46. The van der Waals surface area contributed by atoms with E-state index in [4.69, 9.17) is 10.0 Å². The quantitative estimate of drug-likeness (QED) is 0.255. The maximum atomic E-state index is 8.19. The third-order valence-electron chi connectivity index (χ3n) is 4.49. The molecule has 2 heterocycles. The van der Waals surface area contributed by atoms with Crippen LogP contribution < -0.4 is 0 Å².